The first-order valence-electron chi connectivity index (χ1n) is 5.94. The molecule has 0 heterocycles. The molecule has 0 amide bonds. The summed E-state index contributed by atoms with van der Waals surface area (Å²) in [5.41, 5.74) is -0.0192. The Labute approximate surface area is 118 Å². The van der Waals surface area contributed by atoms with E-state index in [2.05, 4.69) is 4.72 Å². The van der Waals surface area contributed by atoms with Crippen LogP contribution in [0, 0.1) is 5.82 Å². The van der Waals surface area contributed by atoms with E-state index in [1.54, 1.807) is 25.2 Å². The molecule has 0 aliphatic heterocycles. The van der Waals surface area contributed by atoms with Gasteiger partial charge in [-0.3, -0.25) is 9.52 Å². The number of anilines is 1. The van der Waals surface area contributed by atoms with Crippen molar-refractivity contribution in [1.29, 1.82) is 0 Å². The second-order valence-electron chi connectivity index (χ2n) is 4.34. The van der Waals surface area contributed by atoms with Crippen LogP contribution in [0.1, 0.15) is 17.3 Å². The van der Waals surface area contributed by atoms with Crippen LogP contribution in [0.3, 0.4) is 0 Å². The van der Waals surface area contributed by atoms with E-state index < -0.39 is 15.8 Å². The molecule has 0 fully saturated rings. The molecule has 1 N–H and O–H groups in total. The van der Waals surface area contributed by atoms with Gasteiger partial charge in [-0.2, -0.15) is 0 Å². The first-order valence-corrected chi connectivity index (χ1v) is 7.59. The van der Waals surface area contributed by atoms with Crippen LogP contribution in [-0.4, -0.2) is 38.9 Å². The van der Waals surface area contributed by atoms with Gasteiger partial charge in [0.05, 0.1) is 11.4 Å². The number of benzene rings is 1. The Morgan fingerprint density at radius 2 is 2.05 bits per heavy atom. The zero-order valence-electron chi connectivity index (χ0n) is 11.6. The van der Waals surface area contributed by atoms with Crippen molar-refractivity contribution in [2.24, 2.45) is 0 Å². The molecule has 7 heteroatoms. The summed E-state index contributed by atoms with van der Waals surface area (Å²) in [6.45, 7) is 1.44. The van der Waals surface area contributed by atoms with Crippen molar-refractivity contribution in [3.63, 3.8) is 0 Å². The van der Waals surface area contributed by atoms with Crippen LogP contribution in [0.4, 0.5) is 10.1 Å². The molecule has 0 aliphatic carbocycles. The van der Waals surface area contributed by atoms with Crippen molar-refractivity contribution in [1.82, 2.24) is 4.90 Å². The molecule has 0 aromatic heterocycles. The Hall–Kier alpha value is -1.89. The number of rotatable bonds is 6. The van der Waals surface area contributed by atoms with E-state index in [9.17, 15) is 17.6 Å². The lowest BCUT2D eigenvalue weighted by molar-refractivity contribution is 0.104. The zero-order chi connectivity index (χ0) is 15.3. The van der Waals surface area contributed by atoms with Crippen LogP contribution in [0.15, 0.2) is 30.5 Å². The topological polar surface area (TPSA) is 66.5 Å². The fraction of sp³-hybridized carbons (Fsp3) is 0.308. The standard InChI is InChI=1S/C13H17FN2O3S/c1-4-20(18,19)15-12-9-10(5-6-11(12)14)13(17)7-8-16(2)3/h5-9,15H,4H2,1-3H3. The molecule has 1 rings (SSSR count). The van der Waals surface area contributed by atoms with Crippen molar-refractivity contribution < 1.29 is 17.6 Å². The number of halogens is 1. The fourth-order valence-electron chi connectivity index (χ4n) is 1.31. The van der Waals surface area contributed by atoms with Gasteiger partial charge in [0.15, 0.2) is 5.78 Å². The van der Waals surface area contributed by atoms with Crippen LogP contribution < -0.4 is 4.72 Å². The first-order chi connectivity index (χ1) is 9.25. The van der Waals surface area contributed by atoms with Crippen LogP contribution in [0.2, 0.25) is 0 Å². The maximum atomic E-state index is 13.5. The highest BCUT2D eigenvalue weighted by Crippen LogP contribution is 2.18. The molecule has 0 unspecified atom stereocenters. The van der Waals surface area contributed by atoms with Crippen LogP contribution in [0.5, 0.6) is 0 Å². The minimum absolute atomic E-state index is 0.175. The third-order valence-electron chi connectivity index (χ3n) is 2.42. The number of carbonyl (C=O) groups excluding carboxylic acids is 1. The Morgan fingerprint density at radius 3 is 2.60 bits per heavy atom. The van der Waals surface area contributed by atoms with Crippen molar-refractivity contribution >= 4 is 21.5 Å². The van der Waals surface area contributed by atoms with E-state index in [1.165, 1.54) is 25.1 Å². The van der Waals surface area contributed by atoms with Crippen LogP contribution in [0.25, 0.3) is 0 Å². The summed E-state index contributed by atoms with van der Waals surface area (Å²) in [5, 5.41) is 0. The van der Waals surface area contributed by atoms with E-state index in [1.807, 2.05) is 0 Å². The highest BCUT2D eigenvalue weighted by molar-refractivity contribution is 7.92. The normalized spacial score (nSPS) is 11.6. The number of carbonyl (C=O) groups is 1. The highest BCUT2D eigenvalue weighted by Gasteiger charge is 2.13. The maximum Gasteiger partial charge on any atom is 0.232 e. The summed E-state index contributed by atoms with van der Waals surface area (Å²) in [4.78, 5) is 13.5. The second kappa shape index (κ2) is 6.51. The quantitative estimate of drug-likeness (QED) is 0.643. The van der Waals surface area contributed by atoms with E-state index in [4.69, 9.17) is 0 Å². The van der Waals surface area contributed by atoms with E-state index in [0.717, 1.165) is 6.07 Å². The number of allylic oxidation sites excluding steroid dienone is 1. The molecule has 0 radical (unpaired) electrons. The number of ketones is 1. The monoisotopic (exact) mass is 300 g/mol. The summed E-state index contributed by atoms with van der Waals surface area (Å²) in [5.74, 6) is -1.24. The molecule has 20 heavy (non-hydrogen) atoms. The third kappa shape index (κ3) is 4.65. The number of nitrogens with zero attached hydrogens (tertiary/aromatic N) is 1. The molecule has 0 saturated carbocycles. The number of hydrogen-bond acceptors (Lipinski definition) is 4. The Kier molecular flexibility index (Phi) is 5.26. The minimum Gasteiger partial charge on any atom is -0.383 e. The van der Waals surface area contributed by atoms with Gasteiger partial charge in [-0.05, 0) is 25.1 Å². The average molecular weight is 300 g/mol. The first kappa shape index (κ1) is 16.2. The van der Waals surface area contributed by atoms with E-state index >= 15 is 0 Å². The van der Waals surface area contributed by atoms with Gasteiger partial charge in [-0.15, -0.1) is 0 Å². The molecular weight excluding hydrogens is 283 g/mol. The SMILES string of the molecule is CCS(=O)(=O)Nc1cc(C(=O)C=CN(C)C)ccc1F. The largest absolute Gasteiger partial charge is 0.383 e. The lowest BCUT2D eigenvalue weighted by Crippen LogP contribution is -2.16. The van der Waals surface area contributed by atoms with Gasteiger partial charge in [0.2, 0.25) is 10.0 Å². The van der Waals surface area contributed by atoms with Crippen LogP contribution >= 0.6 is 0 Å². The summed E-state index contributed by atoms with van der Waals surface area (Å²) in [6.07, 6.45) is 2.88. The van der Waals surface area contributed by atoms with Crippen molar-refractivity contribution in [2.75, 3.05) is 24.6 Å². The summed E-state index contributed by atoms with van der Waals surface area (Å²) >= 11 is 0. The van der Waals surface area contributed by atoms with E-state index in [0.29, 0.717) is 0 Å². The third-order valence-corrected chi connectivity index (χ3v) is 3.71. The lowest BCUT2D eigenvalue weighted by atomic mass is 10.1. The van der Waals surface area contributed by atoms with Gasteiger partial charge >= 0.3 is 0 Å². The zero-order valence-corrected chi connectivity index (χ0v) is 12.4. The van der Waals surface area contributed by atoms with Gasteiger partial charge in [0.25, 0.3) is 0 Å². The summed E-state index contributed by atoms with van der Waals surface area (Å²) in [6, 6.07) is 3.55. The minimum atomic E-state index is -3.59. The molecule has 0 bridgehead atoms. The highest BCUT2D eigenvalue weighted by atomic mass is 32.2. The Balaban J connectivity index is 3.06. The summed E-state index contributed by atoms with van der Waals surface area (Å²) < 4.78 is 38.5. The Morgan fingerprint density at radius 1 is 1.40 bits per heavy atom. The second-order valence-corrected chi connectivity index (χ2v) is 6.35. The van der Waals surface area contributed by atoms with Gasteiger partial charge in [-0.1, -0.05) is 0 Å². The predicted molar refractivity (Wildman–Crippen MR) is 76.6 cm³/mol. The molecule has 110 valence electrons. The summed E-state index contributed by atoms with van der Waals surface area (Å²) in [7, 11) is -0.0724. The van der Waals surface area contributed by atoms with Crippen LogP contribution in [-0.2, 0) is 10.0 Å². The smallest absolute Gasteiger partial charge is 0.232 e. The predicted octanol–water partition coefficient (Wildman–Crippen LogP) is 1.85. The number of nitrogens with one attached hydrogen (secondary N) is 1. The van der Waals surface area contributed by atoms with Crippen molar-refractivity contribution in [3.05, 3.63) is 41.9 Å². The van der Waals surface area contributed by atoms with E-state index in [-0.39, 0.29) is 22.8 Å². The molecule has 1 aromatic carbocycles. The molecule has 0 aliphatic rings. The molecule has 1 aromatic rings. The van der Waals surface area contributed by atoms with Gasteiger partial charge in [-0.25, -0.2) is 12.8 Å². The van der Waals surface area contributed by atoms with Gasteiger partial charge < -0.3 is 4.90 Å². The van der Waals surface area contributed by atoms with Gasteiger partial charge in [0, 0.05) is 31.9 Å². The van der Waals surface area contributed by atoms with Gasteiger partial charge in [0.1, 0.15) is 5.82 Å². The van der Waals surface area contributed by atoms with Crippen molar-refractivity contribution in [3.8, 4) is 0 Å². The molecular formula is C13H17FN2O3S. The molecule has 0 atom stereocenters. The average Bonchev–Trinajstić information content (AvgIpc) is 2.38. The number of sulfonamides is 1. The molecule has 0 saturated heterocycles. The number of hydrogen-bond donors (Lipinski definition) is 1. The Bertz CT molecular complexity index is 625. The molecule has 5 nitrogen and oxygen atoms in total. The fourth-order valence-corrected chi connectivity index (χ4v) is 1.95. The lowest BCUT2D eigenvalue weighted by Gasteiger charge is -2.08. The maximum absolute atomic E-state index is 13.5. The molecule has 0 spiro atoms. The van der Waals surface area contributed by atoms with Crippen molar-refractivity contribution in [2.45, 2.75) is 6.92 Å².